The number of hydrogen-bond donors (Lipinski definition) is 0. The van der Waals surface area contributed by atoms with Gasteiger partial charge in [0.1, 0.15) is 16.9 Å². The molecule has 2 aromatic rings. The van der Waals surface area contributed by atoms with Gasteiger partial charge in [-0.2, -0.15) is 0 Å². The van der Waals surface area contributed by atoms with Crippen molar-refractivity contribution in [3.8, 4) is 5.75 Å². The summed E-state index contributed by atoms with van der Waals surface area (Å²) < 4.78 is 23.1. The Morgan fingerprint density at radius 2 is 1.61 bits per heavy atom. The van der Waals surface area contributed by atoms with Crippen LogP contribution in [0, 0.1) is 0 Å². The van der Waals surface area contributed by atoms with Crippen molar-refractivity contribution in [3.63, 3.8) is 0 Å². The average molecular weight is 426 g/mol. The second kappa shape index (κ2) is 8.41. The quantitative estimate of drug-likeness (QED) is 0.398. The van der Waals surface area contributed by atoms with Crippen LogP contribution >= 0.6 is 0 Å². The molecule has 7 heteroatoms. The Hall–Kier alpha value is -3.35. The monoisotopic (exact) mass is 426 g/mol. The predicted molar refractivity (Wildman–Crippen MR) is 115 cm³/mol. The molecule has 0 fully saturated rings. The molecule has 31 heavy (non-hydrogen) atoms. The number of benzene rings is 1. The fourth-order valence-electron chi connectivity index (χ4n) is 3.31. The summed E-state index contributed by atoms with van der Waals surface area (Å²) in [6.07, 6.45) is 1.47. The van der Waals surface area contributed by atoms with Crippen molar-refractivity contribution in [2.24, 2.45) is 0 Å². The van der Waals surface area contributed by atoms with Crippen LogP contribution in [0.15, 0.2) is 56.8 Å². The highest BCUT2D eigenvalue weighted by molar-refractivity contribution is 5.89. The molecule has 2 atom stereocenters. The van der Waals surface area contributed by atoms with E-state index in [-0.39, 0.29) is 5.58 Å². The van der Waals surface area contributed by atoms with E-state index in [2.05, 4.69) is 0 Å². The zero-order valence-corrected chi connectivity index (χ0v) is 18.5. The van der Waals surface area contributed by atoms with E-state index in [1.54, 1.807) is 71.9 Å². The van der Waals surface area contributed by atoms with E-state index in [0.29, 0.717) is 27.8 Å². The zero-order valence-electron chi connectivity index (χ0n) is 18.5. The summed E-state index contributed by atoms with van der Waals surface area (Å²) in [5, 5.41) is 0.658. The minimum absolute atomic E-state index is 0.273. The largest absolute Gasteiger partial charge is 0.481 e. The Balaban J connectivity index is 2.11. The average Bonchev–Trinajstić information content (AvgIpc) is 3.11. The molecule has 3 rings (SSSR count). The molecule has 0 radical (unpaired) electrons. The molecule has 1 aromatic carbocycles. The lowest BCUT2D eigenvalue weighted by Crippen LogP contribution is -2.46. The van der Waals surface area contributed by atoms with Crippen molar-refractivity contribution < 1.29 is 28.2 Å². The van der Waals surface area contributed by atoms with Crippen LogP contribution < -0.4 is 10.4 Å². The maximum Gasteiger partial charge on any atom is 0.336 e. The maximum absolute atomic E-state index is 12.6. The van der Waals surface area contributed by atoms with Gasteiger partial charge in [-0.25, -0.2) is 14.4 Å². The molecule has 7 nitrogen and oxygen atoms in total. The van der Waals surface area contributed by atoms with Gasteiger partial charge in [0.15, 0.2) is 12.2 Å². The van der Waals surface area contributed by atoms with Crippen molar-refractivity contribution in [1.29, 1.82) is 0 Å². The molecule has 0 aliphatic carbocycles. The van der Waals surface area contributed by atoms with Crippen LogP contribution in [0.4, 0.5) is 0 Å². The van der Waals surface area contributed by atoms with Crippen LogP contribution in [-0.2, 0) is 19.1 Å². The third-order valence-electron chi connectivity index (χ3n) is 5.39. The van der Waals surface area contributed by atoms with Gasteiger partial charge in [0.25, 0.3) is 0 Å². The third-order valence-corrected chi connectivity index (χ3v) is 5.39. The molecule has 0 amide bonds. The topological polar surface area (TPSA) is 92.0 Å². The predicted octanol–water partition coefficient (Wildman–Crippen LogP) is 4.39. The molecule has 1 aromatic heterocycles. The molecular formula is C24H26O7. The second-order valence-electron chi connectivity index (χ2n) is 7.95. The van der Waals surface area contributed by atoms with E-state index in [1.165, 1.54) is 6.07 Å². The normalized spacial score (nSPS) is 19.0. The molecule has 0 N–H and O–H groups in total. The summed E-state index contributed by atoms with van der Waals surface area (Å²) in [5.74, 6) is -0.649. The number of rotatable bonds is 5. The van der Waals surface area contributed by atoms with Crippen LogP contribution in [0.2, 0.25) is 0 Å². The molecule has 0 saturated carbocycles. The van der Waals surface area contributed by atoms with Crippen LogP contribution in [-0.4, -0.2) is 23.6 Å². The first-order chi connectivity index (χ1) is 14.6. The third kappa shape index (κ3) is 4.26. The van der Waals surface area contributed by atoms with Gasteiger partial charge < -0.3 is 18.6 Å². The SMILES string of the molecule is C/C=C(/C)C(=O)OC1c2c(ccc3ccc(=O)oc23)O[C@@H]1C(C)(C)OC(=O)/C(C)=C\C. The Kier molecular flexibility index (Phi) is 6.06. The van der Waals surface area contributed by atoms with Crippen molar-refractivity contribution in [2.45, 2.75) is 59.4 Å². The summed E-state index contributed by atoms with van der Waals surface area (Å²) in [4.78, 5) is 37.0. The Bertz CT molecular complexity index is 1150. The number of hydrogen-bond acceptors (Lipinski definition) is 7. The van der Waals surface area contributed by atoms with Crippen LogP contribution in [0.1, 0.15) is 53.2 Å². The molecule has 1 aliphatic rings. The highest BCUT2D eigenvalue weighted by Crippen LogP contribution is 2.47. The minimum Gasteiger partial charge on any atom is -0.481 e. The lowest BCUT2D eigenvalue weighted by Gasteiger charge is -2.33. The zero-order chi connectivity index (χ0) is 22.9. The van der Waals surface area contributed by atoms with Gasteiger partial charge in [0.05, 0.1) is 5.56 Å². The summed E-state index contributed by atoms with van der Waals surface area (Å²) in [6.45, 7) is 10.1. The van der Waals surface area contributed by atoms with E-state index in [9.17, 15) is 14.4 Å². The number of allylic oxidation sites excluding steroid dienone is 2. The van der Waals surface area contributed by atoms with Crippen LogP contribution in [0.25, 0.3) is 11.0 Å². The fraction of sp³-hybridized carbons (Fsp3) is 0.375. The standard InChI is InChI=1S/C24H26O7/c1-7-13(3)22(26)30-20-18-16(11-9-15-10-12-17(25)29-19(15)18)28-21(20)24(5,6)31-23(27)14(4)8-2/h7-12,20-21H,1-6H3/b13-7-,14-8-/t20?,21-/m0/s1. The van der Waals surface area contributed by atoms with Gasteiger partial charge in [-0.3, -0.25) is 0 Å². The Morgan fingerprint density at radius 3 is 2.26 bits per heavy atom. The van der Waals surface area contributed by atoms with E-state index in [4.69, 9.17) is 18.6 Å². The number of esters is 2. The van der Waals surface area contributed by atoms with Gasteiger partial charge in [-0.15, -0.1) is 0 Å². The van der Waals surface area contributed by atoms with Crippen molar-refractivity contribution in [3.05, 3.63) is 63.5 Å². The fourth-order valence-corrected chi connectivity index (χ4v) is 3.31. The molecule has 0 saturated heterocycles. The van der Waals surface area contributed by atoms with E-state index in [0.717, 1.165) is 0 Å². The van der Waals surface area contributed by atoms with E-state index >= 15 is 0 Å². The summed E-state index contributed by atoms with van der Waals surface area (Å²) in [5.41, 5.74) is -0.143. The number of ether oxygens (including phenoxy) is 3. The first-order valence-electron chi connectivity index (χ1n) is 10.0. The van der Waals surface area contributed by atoms with Gasteiger partial charge in [0, 0.05) is 22.6 Å². The highest BCUT2D eigenvalue weighted by atomic mass is 16.6. The van der Waals surface area contributed by atoms with Crippen LogP contribution in [0.3, 0.4) is 0 Å². The summed E-state index contributed by atoms with van der Waals surface area (Å²) >= 11 is 0. The minimum atomic E-state index is -1.17. The second-order valence-corrected chi connectivity index (χ2v) is 7.95. The highest BCUT2D eigenvalue weighted by Gasteiger charge is 2.50. The first kappa shape index (κ1) is 22.3. The number of fused-ring (bicyclic) bond motifs is 3. The smallest absolute Gasteiger partial charge is 0.336 e. The Morgan fingerprint density at radius 1 is 1.00 bits per heavy atom. The summed E-state index contributed by atoms with van der Waals surface area (Å²) in [6, 6.07) is 6.42. The Labute approximate surface area is 180 Å². The molecule has 1 unspecified atom stereocenters. The first-order valence-corrected chi connectivity index (χ1v) is 10.0. The van der Waals surface area contributed by atoms with E-state index < -0.39 is 35.4 Å². The molecule has 0 spiro atoms. The maximum atomic E-state index is 12.6. The van der Waals surface area contributed by atoms with Crippen molar-refractivity contribution in [2.75, 3.05) is 0 Å². The van der Waals surface area contributed by atoms with Gasteiger partial charge in [-0.05, 0) is 59.7 Å². The molecular weight excluding hydrogens is 400 g/mol. The molecule has 1 aliphatic heterocycles. The van der Waals surface area contributed by atoms with Crippen molar-refractivity contribution in [1.82, 2.24) is 0 Å². The van der Waals surface area contributed by atoms with Crippen molar-refractivity contribution >= 4 is 22.9 Å². The van der Waals surface area contributed by atoms with Gasteiger partial charge >= 0.3 is 17.6 Å². The summed E-state index contributed by atoms with van der Waals surface area (Å²) in [7, 11) is 0. The van der Waals surface area contributed by atoms with Gasteiger partial charge in [0.2, 0.25) is 0 Å². The lowest BCUT2D eigenvalue weighted by molar-refractivity contribution is -0.172. The molecule has 164 valence electrons. The van der Waals surface area contributed by atoms with Crippen LogP contribution in [0.5, 0.6) is 5.75 Å². The molecule has 2 heterocycles. The lowest BCUT2D eigenvalue weighted by atomic mass is 9.93. The molecule has 0 bridgehead atoms. The number of carbonyl (C=O) groups excluding carboxylic acids is 2. The number of carbonyl (C=O) groups is 2. The van der Waals surface area contributed by atoms with E-state index in [1.807, 2.05) is 0 Å². The van der Waals surface area contributed by atoms with Gasteiger partial charge in [-0.1, -0.05) is 12.2 Å².